The third-order valence-electron chi connectivity index (χ3n) is 1.91. The van der Waals surface area contributed by atoms with E-state index in [1.807, 2.05) is 0 Å². The highest BCUT2D eigenvalue weighted by Gasteiger charge is 2.34. The van der Waals surface area contributed by atoms with Gasteiger partial charge in [0.2, 0.25) is 0 Å². The van der Waals surface area contributed by atoms with E-state index in [4.69, 9.17) is 5.73 Å². The number of aryl methyl sites for hydroxylation is 1. The molecular formula is C8H7F3N4S. The zero-order valence-corrected chi connectivity index (χ0v) is 8.93. The molecule has 0 amide bonds. The first-order valence-corrected chi connectivity index (χ1v) is 5.02. The van der Waals surface area contributed by atoms with Crippen LogP contribution in [0, 0.1) is 0 Å². The molecule has 0 radical (unpaired) electrons. The number of halogens is 3. The van der Waals surface area contributed by atoms with Crippen LogP contribution in [0.25, 0.3) is 10.7 Å². The Morgan fingerprint density at radius 1 is 1.44 bits per heavy atom. The molecule has 0 spiro atoms. The van der Waals surface area contributed by atoms with Gasteiger partial charge in [-0.2, -0.15) is 18.3 Å². The van der Waals surface area contributed by atoms with E-state index in [1.165, 1.54) is 13.2 Å². The van der Waals surface area contributed by atoms with Crippen LogP contribution in [0.4, 0.5) is 18.2 Å². The van der Waals surface area contributed by atoms with E-state index in [0.29, 0.717) is 15.7 Å². The van der Waals surface area contributed by atoms with E-state index < -0.39 is 11.9 Å². The molecule has 0 fully saturated rings. The van der Waals surface area contributed by atoms with Gasteiger partial charge < -0.3 is 5.73 Å². The van der Waals surface area contributed by atoms with Gasteiger partial charge in [0.05, 0.1) is 11.9 Å². The molecule has 0 aliphatic heterocycles. The minimum atomic E-state index is -4.45. The van der Waals surface area contributed by atoms with Crippen LogP contribution in [0.3, 0.4) is 0 Å². The monoisotopic (exact) mass is 248 g/mol. The Morgan fingerprint density at radius 2 is 2.12 bits per heavy atom. The van der Waals surface area contributed by atoms with Gasteiger partial charge in [-0.05, 0) is 6.07 Å². The van der Waals surface area contributed by atoms with Crippen LogP contribution < -0.4 is 5.73 Å². The summed E-state index contributed by atoms with van der Waals surface area (Å²) in [6.07, 6.45) is -3.04. The largest absolute Gasteiger partial charge is 0.435 e. The normalized spacial score (nSPS) is 12.0. The van der Waals surface area contributed by atoms with Crippen molar-refractivity contribution in [2.75, 3.05) is 5.73 Å². The number of nitrogens with zero attached hydrogens (tertiary/aromatic N) is 3. The quantitative estimate of drug-likeness (QED) is 0.841. The van der Waals surface area contributed by atoms with Crippen molar-refractivity contribution >= 4 is 16.3 Å². The molecule has 2 aromatic heterocycles. The molecule has 0 atom stereocenters. The van der Waals surface area contributed by atoms with E-state index in [1.54, 1.807) is 0 Å². The number of nitrogens with two attached hydrogens (primary N) is 1. The summed E-state index contributed by atoms with van der Waals surface area (Å²) in [5.41, 5.74) is 4.83. The maximum absolute atomic E-state index is 12.4. The average Bonchev–Trinajstić information content (AvgIpc) is 2.70. The summed E-state index contributed by atoms with van der Waals surface area (Å²) >= 11 is 1.12. The zero-order valence-electron chi connectivity index (χ0n) is 8.12. The molecule has 0 aliphatic rings. The van der Waals surface area contributed by atoms with Crippen LogP contribution in [-0.4, -0.2) is 14.8 Å². The molecule has 2 rings (SSSR count). The lowest BCUT2D eigenvalue weighted by Gasteiger charge is -1.98. The van der Waals surface area contributed by atoms with Crippen molar-refractivity contribution in [1.29, 1.82) is 0 Å². The van der Waals surface area contributed by atoms with Gasteiger partial charge in [0.15, 0.2) is 5.69 Å². The van der Waals surface area contributed by atoms with Crippen LogP contribution in [0.1, 0.15) is 5.69 Å². The van der Waals surface area contributed by atoms with Crippen molar-refractivity contribution in [2.24, 2.45) is 7.05 Å². The van der Waals surface area contributed by atoms with Crippen LogP contribution in [0.15, 0.2) is 12.3 Å². The van der Waals surface area contributed by atoms with Crippen molar-refractivity contribution < 1.29 is 13.2 Å². The summed E-state index contributed by atoms with van der Waals surface area (Å²) in [5, 5.41) is 4.25. The SMILES string of the molecule is Cn1nc(C(F)(F)F)cc1-c1ncc(N)s1. The van der Waals surface area contributed by atoms with Crippen LogP contribution in [0.5, 0.6) is 0 Å². The molecular weight excluding hydrogens is 241 g/mol. The highest BCUT2D eigenvalue weighted by molar-refractivity contribution is 7.18. The molecule has 86 valence electrons. The standard InChI is InChI=1S/C8H7F3N4S/c1-15-4(7-13-3-6(12)16-7)2-5(14-15)8(9,10)11/h2-3H,12H2,1H3. The lowest BCUT2D eigenvalue weighted by atomic mass is 10.3. The second-order valence-corrected chi connectivity index (χ2v) is 4.17. The lowest BCUT2D eigenvalue weighted by molar-refractivity contribution is -0.141. The fourth-order valence-electron chi connectivity index (χ4n) is 1.21. The summed E-state index contributed by atoms with van der Waals surface area (Å²) in [5.74, 6) is 0. The van der Waals surface area contributed by atoms with Crippen molar-refractivity contribution in [3.05, 3.63) is 18.0 Å². The molecule has 4 nitrogen and oxygen atoms in total. The Kier molecular flexibility index (Phi) is 2.38. The molecule has 8 heteroatoms. The van der Waals surface area contributed by atoms with Crippen molar-refractivity contribution in [3.63, 3.8) is 0 Å². The summed E-state index contributed by atoms with van der Waals surface area (Å²) in [7, 11) is 1.43. The summed E-state index contributed by atoms with van der Waals surface area (Å²) < 4.78 is 38.3. The fourth-order valence-corrected chi connectivity index (χ4v) is 1.94. The van der Waals surface area contributed by atoms with E-state index in [-0.39, 0.29) is 0 Å². The Balaban J connectivity index is 2.47. The topological polar surface area (TPSA) is 56.7 Å². The van der Waals surface area contributed by atoms with Gasteiger partial charge >= 0.3 is 6.18 Å². The zero-order chi connectivity index (χ0) is 11.9. The Labute approximate surface area is 92.5 Å². The minimum absolute atomic E-state index is 0.300. The third kappa shape index (κ3) is 1.87. The number of alkyl halides is 3. The third-order valence-corrected chi connectivity index (χ3v) is 2.76. The van der Waals surface area contributed by atoms with Crippen LogP contribution >= 0.6 is 11.3 Å². The highest BCUT2D eigenvalue weighted by atomic mass is 32.1. The average molecular weight is 248 g/mol. The molecule has 2 heterocycles. The highest BCUT2D eigenvalue weighted by Crippen LogP contribution is 2.33. The predicted octanol–water partition coefficient (Wildman–Crippen LogP) is 2.14. The van der Waals surface area contributed by atoms with Gasteiger partial charge in [-0.15, -0.1) is 0 Å². The Hall–Kier alpha value is -1.57. The van der Waals surface area contributed by atoms with Gasteiger partial charge in [-0.1, -0.05) is 11.3 Å². The summed E-state index contributed by atoms with van der Waals surface area (Å²) in [6.45, 7) is 0. The Bertz CT molecular complexity index is 514. The first-order chi connectivity index (χ1) is 7.38. The van der Waals surface area contributed by atoms with Gasteiger partial charge in [-0.3, -0.25) is 4.68 Å². The number of hydrogen-bond acceptors (Lipinski definition) is 4. The van der Waals surface area contributed by atoms with E-state index in [0.717, 1.165) is 22.1 Å². The van der Waals surface area contributed by atoms with Gasteiger partial charge in [0.25, 0.3) is 0 Å². The molecule has 16 heavy (non-hydrogen) atoms. The molecule has 0 aromatic carbocycles. The molecule has 0 unspecified atom stereocenters. The maximum atomic E-state index is 12.4. The molecule has 2 aromatic rings. The lowest BCUT2D eigenvalue weighted by Crippen LogP contribution is -2.06. The number of rotatable bonds is 1. The van der Waals surface area contributed by atoms with Gasteiger partial charge in [0, 0.05) is 7.05 Å². The number of anilines is 1. The van der Waals surface area contributed by atoms with E-state index in [9.17, 15) is 13.2 Å². The molecule has 0 saturated carbocycles. The van der Waals surface area contributed by atoms with Crippen LogP contribution in [-0.2, 0) is 13.2 Å². The number of aromatic nitrogens is 3. The fraction of sp³-hybridized carbons (Fsp3) is 0.250. The van der Waals surface area contributed by atoms with Crippen molar-refractivity contribution in [3.8, 4) is 10.7 Å². The van der Waals surface area contributed by atoms with Crippen molar-refractivity contribution in [1.82, 2.24) is 14.8 Å². The second kappa shape index (κ2) is 3.48. The number of nitrogen functional groups attached to an aromatic ring is 1. The predicted molar refractivity (Wildman–Crippen MR) is 53.7 cm³/mol. The molecule has 0 saturated heterocycles. The molecule has 2 N–H and O–H groups in total. The number of hydrogen-bond donors (Lipinski definition) is 1. The van der Waals surface area contributed by atoms with Crippen LogP contribution in [0.2, 0.25) is 0 Å². The number of thiazole rings is 1. The Morgan fingerprint density at radius 3 is 2.56 bits per heavy atom. The maximum Gasteiger partial charge on any atom is 0.435 e. The smallest absolute Gasteiger partial charge is 0.389 e. The molecule has 0 aliphatic carbocycles. The van der Waals surface area contributed by atoms with E-state index in [2.05, 4.69) is 10.1 Å². The summed E-state index contributed by atoms with van der Waals surface area (Å²) in [6, 6.07) is 0.957. The second-order valence-electron chi connectivity index (χ2n) is 3.10. The van der Waals surface area contributed by atoms with Crippen molar-refractivity contribution in [2.45, 2.75) is 6.18 Å². The summed E-state index contributed by atoms with van der Waals surface area (Å²) in [4.78, 5) is 3.91. The minimum Gasteiger partial charge on any atom is -0.389 e. The van der Waals surface area contributed by atoms with Gasteiger partial charge in [-0.25, -0.2) is 4.98 Å². The first-order valence-electron chi connectivity index (χ1n) is 4.21. The van der Waals surface area contributed by atoms with E-state index >= 15 is 0 Å². The van der Waals surface area contributed by atoms with Gasteiger partial charge in [0.1, 0.15) is 10.0 Å². The first kappa shape index (κ1) is 10.9. The molecule has 0 bridgehead atoms.